The van der Waals surface area contributed by atoms with Crippen molar-refractivity contribution < 1.29 is 66.5 Å². The molecule has 10 heavy (non-hydrogen) atoms. The molecule has 0 fully saturated rings. The summed E-state index contributed by atoms with van der Waals surface area (Å²) in [6.07, 6.45) is 0. The maximum absolute atomic E-state index is 7.17. The first kappa shape index (κ1) is 13.8. The second kappa shape index (κ2) is 10.3. The Bertz CT molecular complexity index is 104. The van der Waals surface area contributed by atoms with Crippen LogP contribution in [0.4, 0.5) is 0 Å². The van der Waals surface area contributed by atoms with Crippen LogP contribution < -0.4 is 51.4 Å². The van der Waals surface area contributed by atoms with Crippen LogP contribution in [0, 0.1) is 5.38 Å². The van der Waals surface area contributed by atoms with Gasteiger partial charge < -0.3 is 26.4 Å². The van der Waals surface area contributed by atoms with E-state index in [0.717, 1.165) is 0 Å². The molecule has 0 radical (unpaired) electrons. The minimum Gasteiger partial charge on any atom is -0.402 e. The van der Waals surface area contributed by atoms with Gasteiger partial charge in [-0.1, -0.05) is 0 Å². The van der Waals surface area contributed by atoms with Crippen molar-refractivity contribution in [2.45, 2.75) is 0 Å². The minimum atomic E-state index is -2.17. The fourth-order valence-corrected chi connectivity index (χ4v) is 0.589. The standard InChI is InChI=1S/C4H3S.BH3O3.K/c1-2-4-5-3-1;2-1(3)4;/h1-3H;2-4H;/q-1;;+1. The summed E-state index contributed by atoms with van der Waals surface area (Å²) in [7, 11) is -2.17. The summed E-state index contributed by atoms with van der Waals surface area (Å²) in [5.74, 6) is 0. The van der Waals surface area contributed by atoms with Gasteiger partial charge in [0.05, 0.1) is 0 Å². The first-order chi connectivity index (χ1) is 4.23. The van der Waals surface area contributed by atoms with Gasteiger partial charge in [0.1, 0.15) is 0 Å². The van der Waals surface area contributed by atoms with Crippen LogP contribution >= 0.6 is 11.3 Å². The van der Waals surface area contributed by atoms with Gasteiger partial charge in [-0.3, -0.25) is 0 Å². The summed E-state index contributed by atoms with van der Waals surface area (Å²) in [5, 5.41) is 26.4. The average molecular weight is 184 g/mol. The second-order valence-corrected chi connectivity index (χ2v) is 1.82. The topological polar surface area (TPSA) is 60.7 Å². The first-order valence-corrected chi connectivity index (χ1v) is 3.05. The maximum Gasteiger partial charge on any atom is 1.00 e. The van der Waals surface area contributed by atoms with Crippen LogP contribution in [0.5, 0.6) is 0 Å². The molecule has 0 aliphatic rings. The van der Waals surface area contributed by atoms with Crippen LogP contribution in [-0.2, 0) is 0 Å². The molecule has 0 unspecified atom stereocenters. The number of hydrogen-bond acceptors (Lipinski definition) is 4. The molecule has 0 aliphatic carbocycles. The molecule has 3 N–H and O–H groups in total. The molecular formula is C4H6BKO3S. The molecule has 1 rings (SSSR count). The van der Waals surface area contributed by atoms with E-state index in [1.807, 2.05) is 17.5 Å². The van der Waals surface area contributed by atoms with Gasteiger partial charge in [-0.05, 0) is 0 Å². The fourth-order valence-electron chi connectivity index (χ4n) is 0.196. The van der Waals surface area contributed by atoms with E-state index in [0.29, 0.717) is 0 Å². The summed E-state index contributed by atoms with van der Waals surface area (Å²) in [6.45, 7) is 0. The van der Waals surface area contributed by atoms with E-state index >= 15 is 0 Å². The Kier molecular flexibility index (Phi) is 14.2. The molecule has 0 saturated heterocycles. The largest absolute Gasteiger partial charge is 1.00 e. The Morgan fingerprint density at radius 2 is 1.80 bits per heavy atom. The Balaban J connectivity index is 0. The van der Waals surface area contributed by atoms with Crippen LogP contribution in [0.25, 0.3) is 0 Å². The fraction of sp³-hybridized carbons (Fsp3) is 0. The third-order valence-electron chi connectivity index (χ3n) is 0.379. The molecule has 0 bridgehead atoms. The van der Waals surface area contributed by atoms with E-state index in [4.69, 9.17) is 15.1 Å². The summed E-state index contributed by atoms with van der Waals surface area (Å²) in [5.41, 5.74) is 0. The van der Waals surface area contributed by atoms with Crippen molar-refractivity contribution in [3.63, 3.8) is 0 Å². The van der Waals surface area contributed by atoms with Gasteiger partial charge >= 0.3 is 58.7 Å². The number of hydrogen-bond donors (Lipinski definition) is 3. The first-order valence-electron chi connectivity index (χ1n) is 2.17. The normalized spacial score (nSPS) is 6.70. The van der Waals surface area contributed by atoms with Gasteiger partial charge in [-0.25, -0.2) is 6.07 Å². The second-order valence-electron chi connectivity index (χ2n) is 1.08. The van der Waals surface area contributed by atoms with Crippen LogP contribution in [-0.4, -0.2) is 22.4 Å². The van der Waals surface area contributed by atoms with Crippen molar-refractivity contribution in [2.75, 3.05) is 0 Å². The van der Waals surface area contributed by atoms with Crippen molar-refractivity contribution in [1.29, 1.82) is 0 Å². The van der Waals surface area contributed by atoms with Crippen molar-refractivity contribution in [2.24, 2.45) is 0 Å². The van der Waals surface area contributed by atoms with Gasteiger partial charge in [-0.15, -0.1) is 5.38 Å². The predicted octanol–water partition coefficient (Wildman–Crippen LogP) is -3.50. The van der Waals surface area contributed by atoms with Crippen molar-refractivity contribution in [1.82, 2.24) is 0 Å². The molecule has 0 amide bonds. The Labute approximate surface area is 106 Å². The van der Waals surface area contributed by atoms with E-state index in [9.17, 15) is 0 Å². The van der Waals surface area contributed by atoms with Crippen LogP contribution in [0.15, 0.2) is 17.5 Å². The number of rotatable bonds is 0. The third-order valence-corrected chi connectivity index (χ3v) is 0.944. The molecule has 0 aromatic carbocycles. The minimum absolute atomic E-state index is 0. The molecule has 1 aromatic rings. The van der Waals surface area contributed by atoms with E-state index in [1.54, 1.807) is 11.3 Å². The average Bonchev–Trinajstić information content (AvgIpc) is 2.11. The third kappa shape index (κ3) is 16.1. The SMILES string of the molecule is OB(O)O.[K+].[c-]1cccs1. The Morgan fingerprint density at radius 1 is 1.30 bits per heavy atom. The molecule has 0 spiro atoms. The van der Waals surface area contributed by atoms with E-state index < -0.39 is 7.32 Å². The molecule has 0 aliphatic heterocycles. The predicted molar refractivity (Wildman–Crippen MR) is 35.6 cm³/mol. The maximum atomic E-state index is 7.17. The summed E-state index contributed by atoms with van der Waals surface area (Å²) >= 11 is 1.59. The zero-order valence-electron chi connectivity index (χ0n) is 5.56. The molecule has 1 aromatic heterocycles. The van der Waals surface area contributed by atoms with E-state index in [-0.39, 0.29) is 51.4 Å². The van der Waals surface area contributed by atoms with Crippen molar-refractivity contribution in [3.05, 3.63) is 22.9 Å². The summed E-state index contributed by atoms with van der Waals surface area (Å²) in [6, 6.07) is 3.86. The van der Waals surface area contributed by atoms with Crippen LogP contribution in [0.2, 0.25) is 0 Å². The van der Waals surface area contributed by atoms with Gasteiger partial charge in [0.2, 0.25) is 0 Å². The Morgan fingerprint density at radius 3 is 1.90 bits per heavy atom. The molecule has 1 heterocycles. The molecule has 50 valence electrons. The van der Waals surface area contributed by atoms with Gasteiger partial charge in [0, 0.05) is 0 Å². The molecule has 0 atom stereocenters. The number of thiophene rings is 1. The Hall–Kier alpha value is 1.28. The van der Waals surface area contributed by atoms with Crippen LogP contribution in [0.3, 0.4) is 0 Å². The van der Waals surface area contributed by atoms with Gasteiger partial charge in [0.15, 0.2) is 0 Å². The smallest absolute Gasteiger partial charge is 0.402 e. The molecular weight excluding hydrogens is 178 g/mol. The van der Waals surface area contributed by atoms with E-state index in [2.05, 4.69) is 5.38 Å². The van der Waals surface area contributed by atoms with Crippen molar-refractivity contribution in [3.8, 4) is 0 Å². The van der Waals surface area contributed by atoms with Crippen LogP contribution in [0.1, 0.15) is 0 Å². The summed E-state index contributed by atoms with van der Waals surface area (Å²) < 4.78 is 0. The molecule has 6 heteroatoms. The van der Waals surface area contributed by atoms with Gasteiger partial charge in [-0.2, -0.15) is 11.4 Å². The monoisotopic (exact) mass is 184 g/mol. The quantitative estimate of drug-likeness (QED) is 0.289. The zero-order chi connectivity index (χ0) is 7.11. The molecule has 3 nitrogen and oxygen atoms in total. The molecule has 0 saturated carbocycles. The zero-order valence-corrected chi connectivity index (χ0v) is 9.50. The summed E-state index contributed by atoms with van der Waals surface area (Å²) in [4.78, 5) is 0. The van der Waals surface area contributed by atoms with Gasteiger partial charge in [0.25, 0.3) is 0 Å². The van der Waals surface area contributed by atoms with E-state index in [1.165, 1.54) is 0 Å². The van der Waals surface area contributed by atoms with Crippen molar-refractivity contribution >= 4 is 18.7 Å².